The van der Waals surface area contributed by atoms with Crippen LogP contribution in [0.2, 0.25) is 5.02 Å². The highest BCUT2D eigenvalue weighted by Crippen LogP contribution is 2.24. The second kappa shape index (κ2) is 6.15. The molecule has 0 bridgehead atoms. The van der Waals surface area contributed by atoms with Crippen LogP contribution < -0.4 is 0 Å². The van der Waals surface area contributed by atoms with Gasteiger partial charge in [0.1, 0.15) is 0 Å². The lowest BCUT2D eigenvalue weighted by Crippen LogP contribution is -1.90. The van der Waals surface area contributed by atoms with Gasteiger partial charge in [-0.05, 0) is 30.7 Å². The molecule has 0 atom stereocenters. The number of hydrogen-bond acceptors (Lipinski definition) is 3. The molecular weight excluding hydrogens is 344 g/mol. The minimum atomic E-state index is -0.462. The third-order valence-corrected chi connectivity index (χ3v) is 3.90. The monoisotopic (exact) mass is 352 g/mol. The Morgan fingerprint density at radius 1 is 1.30 bits per heavy atom. The molecule has 0 saturated carbocycles. The number of benzene rings is 2. The van der Waals surface area contributed by atoms with Gasteiger partial charge in [0.2, 0.25) is 0 Å². The van der Waals surface area contributed by atoms with Crippen LogP contribution in [0.15, 0.2) is 45.9 Å². The number of nitrogens with zero attached hydrogens (tertiary/aromatic N) is 2. The van der Waals surface area contributed by atoms with Crippen LogP contribution in [0.5, 0.6) is 0 Å². The smallest absolute Gasteiger partial charge is 0.258 e. The molecule has 102 valence electrons. The fourth-order valence-corrected chi connectivity index (χ4v) is 2.08. The first-order valence-electron chi connectivity index (χ1n) is 5.71. The van der Waals surface area contributed by atoms with Crippen LogP contribution in [0, 0.1) is 17.0 Å². The van der Waals surface area contributed by atoms with Crippen molar-refractivity contribution in [3.8, 4) is 0 Å². The summed E-state index contributed by atoms with van der Waals surface area (Å²) in [5.41, 5.74) is 2.35. The van der Waals surface area contributed by atoms with Gasteiger partial charge < -0.3 is 0 Å². The van der Waals surface area contributed by atoms with Gasteiger partial charge in [0.05, 0.1) is 10.6 Å². The molecule has 6 heteroatoms. The molecule has 0 heterocycles. The van der Waals surface area contributed by atoms with Crippen LogP contribution >= 0.6 is 27.5 Å². The minimum absolute atomic E-state index is 0.0130. The number of hydrogen-bond donors (Lipinski definition) is 0. The summed E-state index contributed by atoms with van der Waals surface area (Å²) in [6, 6.07) is 9.92. The number of halogens is 2. The number of nitro groups is 1. The molecular formula is C14H10BrClN2O2. The van der Waals surface area contributed by atoms with Crippen LogP contribution in [0.3, 0.4) is 0 Å². The molecule has 0 saturated heterocycles. The van der Waals surface area contributed by atoms with E-state index in [1.54, 1.807) is 0 Å². The summed E-state index contributed by atoms with van der Waals surface area (Å²) < 4.78 is 0.956. The Kier molecular flexibility index (Phi) is 4.52. The van der Waals surface area contributed by atoms with Gasteiger partial charge in [-0.3, -0.25) is 15.1 Å². The van der Waals surface area contributed by atoms with E-state index in [0.717, 1.165) is 15.7 Å². The van der Waals surface area contributed by atoms with Crippen molar-refractivity contribution in [2.45, 2.75) is 6.92 Å². The standard InChI is InChI=1S/C14H10BrClN2O2/c1-9-2-3-11(7-13(9)15)17-8-10-6-12(18(19)20)4-5-14(10)16/h2-8H,1H3. The summed E-state index contributed by atoms with van der Waals surface area (Å²) in [4.78, 5) is 14.5. The van der Waals surface area contributed by atoms with E-state index in [1.165, 1.54) is 24.4 Å². The molecule has 0 fully saturated rings. The van der Waals surface area contributed by atoms with Crippen LogP contribution in [0.4, 0.5) is 11.4 Å². The van der Waals surface area contributed by atoms with Crippen LogP contribution in [-0.2, 0) is 0 Å². The largest absolute Gasteiger partial charge is 0.270 e. The summed E-state index contributed by atoms with van der Waals surface area (Å²) in [6.45, 7) is 1.98. The zero-order chi connectivity index (χ0) is 14.7. The second-order valence-electron chi connectivity index (χ2n) is 4.15. The number of non-ortho nitro benzene ring substituents is 1. The highest BCUT2D eigenvalue weighted by atomic mass is 79.9. The van der Waals surface area contributed by atoms with Gasteiger partial charge in [-0.15, -0.1) is 0 Å². The van der Waals surface area contributed by atoms with Crippen molar-refractivity contribution in [3.63, 3.8) is 0 Å². The molecule has 0 aliphatic carbocycles. The Hall–Kier alpha value is -1.72. The van der Waals surface area contributed by atoms with Crippen LogP contribution in [0.1, 0.15) is 11.1 Å². The molecule has 0 N–H and O–H groups in total. The first-order chi connectivity index (χ1) is 9.47. The average molecular weight is 354 g/mol. The Labute approximate surface area is 129 Å². The van der Waals surface area contributed by atoms with Gasteiger partial charge in [0.15, 0.2) is 0 Å². The molecule has 0 aliphatic heterocycles. The van der Waals surface area contributed by atoms with Gasteiger partial charge in [-0.25, -0.2) is 0 Å². The normalized spacial score (nSPS) is 10.9. The minimum Gasteiger partial charge on any atom is -0.258 e. The van der Waals surface area contributed by atoms with Gasteiger partial charge in [-0.1, -0.05) is 33.6 Å². The van der Waals surface area contributed by atoms with E-state index in [-0.39, 0.29) is 5.69 Å². The number of aryl methyl sites for hydroxylation is 1. The first-order valence-corrected chi connectivity index (χ1v) is 6.88. The third-order valence-electron chi connectivity index (χ3n) is 2.70. The molecule has 4 nitrogen and oxygen atoms in total. The summed E-state index contributed by atoms with van der Waals surface area (Å²) in [6.07, 6.45) is 1.52. The number of rotatable bonds is 3. The fraction of sp³-hybridized carbons (Fsp3) is 0.0714. The van der Waals surface area contributed by atoms with Crippen LogP contribution in [0.25, 0.3) is 0 Å². The van der Waals surface area contributed by atoms with Crippen molar-refractivity contribution in [2.24, 2.45) is 4.99 Å². The number of aliphatic imine (C=N–C) groups is 1. The summed E-state index contributed by atoms with van der Waals surface area (Å²) in [5, 5.41) is 11.2. The molecule has 0 aromatic heterocycles. The molecule has 0 amide bonds. The Bertz CT molecular complexity index is 702. The summed E-state index contributed by atoms with van der Waals surface area (Å²) in [5.74, 6) is 0. The van der Waals surface area contributed by atoms with E-state index in [1.807, 2.05) is 25.1 Å². The Morgan fingerprint density at radius 3 is 2.70 bits per heavy atom. The molecule has 2 rings (SSSR count). The topological polar surface area (TPSA) is 55.5 Å². The molecule has 0 aliphatic rings. The van der Waals surface area contributed by atoms with Crippen molar-refractivity contribution in [1.29, 1.82) is 0 Å². The molecule has 0 unspecified atom stereocenters. The van der Waals surface area contributed by atoms with E-state index in [4.69, 9.17) is 11.6 Å². The van der Waals surface area contributed by atoms with Gasteiger partial charge >= 0.3 is 0 Å². The van der Waals surface area contributed by atoms with E-state index in [2.05, 4.69) is 20.9 Å². The zero-order valence-corrected chi connectivity index (χ0v) is 12.9. The van der Waals surface area contributed by atoms with Crippen molar-refractivity contribution in [2.75, 3.05) is 0 Å². The maximum atomic E-state index is 10.7. The van der Waals surface area contributed by atoms with Crippen LogP contribution in [-0.4, -0.2) is 11.1 Å². The fourth-order valence-electron chi connectivity index (χ4n) is 1.55. The predicted molar refractivity (Wildman–Crippen MR) is 84.2 cm³/mol. The molecule has 2 aromatic carbocycles. The summed E-state index contributed by atoms with van der Waals surface area (Å²) in [7, 11) is 0. The first kappa shape index (κ1) is 14.7. The lowest BCUT2D eigenvalue weighted by molar-refractivity contribution is -0.384. The number of nitro benzene ring substituents is 1. The van der Waals surface area contributed by atoms with Crippen molar-refractivity contribution >= 4 is 45.1 Å². The maximum Gasteiger partial charge on any atom is 0.270 e. The van der Waals surface area contributed by atoms with E-state index < -0.39 is 4.92 Å². The third kappa shape index (κ3) is 3.43. The SMILES string of the molecule is Cc1ccc(N=Cc2cc([N+](=O)[O-])ccc2Cl)cc1Br. The van der Waals surface area contributed by atoms with E-state index in [0.29, 0.717) is 10.6 Å². The summed E-state index contributed by atoms with van der Waals surface area (Å²) >= 11 is 9.43. The van der Waals surface area contributed by atoms with E-state index in [9.17, 15) is 10.1 Å². The van der Waals surface area contributed by atoms with Crippen molar-refractivity contribution in [1.82, 2.24) is 0 Å². The highest BCUT2D eigenvalue weighted by Gasteiger charge is 2.08. The van der Waals surface area contributed by atoms with Gasteiger partial charge in [0.25, 0.3) is 5.69 Å². The maximum absolute atomic E-state index is 10.7. The lowest BCUT2D eigenvalue weighted by atomic mass is 10.2. The molecule has 0 spiro atoms. The van der Waals surface area contributed by atoms with E-state index >= 15 is 0 Å². The van der Waals surface area contributed by atoms with Crippen molar-refractivity contribution < 1.29 is 4.92 Å². The quantitative estimate of drug-likeness (QED) is 0.439. The molecule has 20 heavy (non-hydrogen) atoms. The molecule has 0 radical (unpaired) electrons. The Morgan fingerprint density at radius 2 is 2.05 bits per heavy atom. The van der Waals surface area contributed by atoms with Gasteiger partial charge in [0, 0.05) is 33.4 Å². The Balaban J connectivity index is 2.33. The van der Waals surface area contributed by atoms with Gasteiger partial charge in [-0.2, -0.15) is 0 Å². The zero-order valence-electron chi connectivity index (χ0n) is 10.5. The predicted octanol–water partition coefficient (Wildman–Crippen LogP) is 5.07. The molecule has 2 aromatic rings. The highest BCUT2D eigenvalue weighted by molar-refractivity contribution is 9.10. The van der Waals surface area contributed by atoms with Crippen molar-refractivity contribution in [3.05, 3.63) is 67.1 Å². The second-order valence-corrected chi connectivity index (χ2v) is 5.42. The average Bonchev–Trinajstić information content (AvgIpc) is 2.41. The lowest BCUT2D eigenvalue weighted by Gasteiger charge is -2.00.